The molecular formula is C18H23FN2O2S. The molecular weight excluding hydrogens is 327 g/mol. The van der Waals surface area contributed by atoms with E-state index in [4.69, 9.17) is 0 Å². The third kappa shape index (κ3) is 3.03. The zero-order chi connectivity index (χ0) is 16.7. The van der Waals surface area contributed by atoms with E-state index in [0.29, 0.717) is 13.1 Å². The van der Waals surface area contributed by atoms with Crippen LogP contribution >= 0.6 is 0 Å². The summed E-state index contributed by atoms with van der Waals surface area (Å²) in [5.74, 6) is 1.83. The molecule has 4 rings (SSSR count). The molecule has 1 saturated heterocycles. The van der Waals surface area contributed by atoms with Crippen molar-refractivity contribution in [3.8, 4) is 0 Å². The molecule has 2 fully saturated rings. The lowest BCUT2D eigenvalue weighted by molar-refractivity contribution is 0.156. The maximum absolute atomic E-state index is 13.0. The Hall–Kier alpha value is -1.24. The highest BCUT2D eigenvalue weighted by Gasteiger charge is 2.37. The Morgan fingerprint density at radius 2 is 1.71 bits per heavy atom. The van der Waals surface area contributed by atoms with Gasteiger partial charge in [0.05, 0.1) is 4.90 Å². The van der Waals surface area contributed by atoms with Crippen LogP contribution in [0.4, 0.5) is 4.39 Å². The molecule has 2 bridgehead atoms. The van der Waals surface area contributed by atoms with Crippen LogP contribution in [0.2, 0.25) is 0 Å². The second-order valence-corrected chi connectivity index (χ2v) is 9.14. The van der Waals surface area contributed by atoms with E-state index in [2.05, 4.69) is 17.1 Å². The average molecular weight is 350 g/mol. The largest absolute Gasteiger partial charge is 0.300 e. The van der Waals surface area contributed by atoms with E-state index >= 15 is 0 Å². The summed E-state index contributed by atoms with van der Waals surface area (Å²) in [4.78, 5) is 2.58. The number of hydrogen-bond acceptors (Lipinski definition) is 3. The van der Waals surface area contributed by atoms with Gasteiger partial charge in [0.25, 0.3) is 0 Å². The van der Waals surface area contributed by atoms with Crippen molar-refractivity contribution in [3.05, 3.63) is 42.2 Å². The lowest BCUT2D eigenvalue weighted by Crippen LogP contribution is -2.49. The van der Waals surface area contributed by atoms with Crippen LogP contribution in [0.25, 0.3) is 0 Å². The van der Waals surface area contributed by atoms with Crippen molar-refractivity contribution in [2.75, 3.05) is 32.7 Å². The van der Waals surface area contributed by atoms with Crippen LogP contribution in [0, 0.1) is 23.6 Å². The quantitative estimate of drug-likeness (QED) is 0.783. The first kappa shape index (κ1) is 16.2. The van der Waals surface area contributed by atoms with Crippen molar-refractivity contribution in [3.63, 3.8) is 0 Å². The van der Waals surface area contributed by atoms with Crippen molar-refractivity contribution >= 4 is 10.0 Å². The highest BCUT2D eigenvalue weighted by Crippen LogP contribution is 2.43. The molecule has 0 radical (unpaired) electrons. The minimum absolute atomic E-state index is 0.176. The average Bonchev–Trinajstić information content (AvgIpc) is 3.19. The first-order valence-corrected chi connectivity index (χ1v) is 10.1. The molecule has 3 atom stereocenters. The van der Waals surface area contributed by atoms with Gasteiger partial charge in [-0.3, -0.25) is 0 Å². The molecule has 1 heterocycles. The fourth-order valence-electron chi connectivity index (χ4n) is 4.34. The molecule has 0 N–H and O–H groups in total. The first-order chi connectivity index (χ1) is 11.5. The van der Waals surface area contributed by atoms with Crippen molar-refractivity contribution in [1.29, 1.82) is 0 Å². The molecule has 1 aliphatic heterocycles. The Kier molecular flexibility index (Phi) is 4.22. The van der Waals surface area contributed by atoms with Gasteiger partial charge in [0.1, 0.15) is 5.82 Å². The van der Waals surface area contributed by atoms with Gasteiger partial charge in [0.15, 0.2) is 0 Å². The molecule has 6 heteroatoms. The van der Waals surface area contributed by atoms with Crippen LogP contribution in [0.1, 0.15) is 12.8 Å². The summed E-state index contributed by atoms with van der Waals surface area (Å²) in [5.41, 5.74) is 0. The van der Waals surface area contributed by atoms with Crippen molar-refractivity contribution in [2.24, 2.45) is 17.8 Å². The molecule has 1 saturated carbocycles. The fraction of sp³-hybridized carbons (Fsp3) is 0.556. The summed E-state index contributed by atoms with van der Waals surface area (Å²) >= 11 is 0. The normalized spacial score (nSPS) is 31.0. The summed E-state index contributed by atoms with van der Waals surface area (Å²) in [6.45, 7) is 3.65. The molecule has 1 aromatic carbocycles. The van der Waals surface area contributed by atoms with Crippen LogP contribution in [0.15, 0.2) is 41.3 Å². The van der Waals surface area contributed by atoms with Gasteiger partial charge in [-0.25, -0.2) is 12.8 Å². The van der Waals surface area contributed by atoms with E-state index in [1.807, 2.05) is 0 Å². The van der Waals surface area contributed by atoms with E-state index < -0.39 is 15.8 Å². The number of halogens is 1. The van der Waals surface area contributed by atoms with Crippen molar-refractivity contribution < 1.29 is 12.8 Å². The predicted molar refractivity (Wildman–Crippen MR) is 90.4 cm³/mol. The highest BCUT2D eigenvalue weighted by atomic mass is 32.2. The van der Waals surface area contributed by atoms with Crippen molar-refractivity contribution in [2.45, 2.75) is 17.7 Å². The fourth-order valence-corrected chi connectivity index (χ4v) is 5.77. The van der Waals surface area contributed by atoms with E-state index in [0.717, 1.165) is 37.4 Å². The van der Waals surface area contributed by atoms with E-state index in [1.54, 1.807) is 0 Å². The van der Waals surface area contributed by atoms with Gasteiger partial charge in [-0.2, -0.15) is 4.31 Å². The number of piperazine rings is 1. The first-order valence-electron chi connectivity index (χ1n) is 8.69. The molecule has 1 aromatic rings. The Balaban J connectivity index is 1.35. The molecule has 3 aliphatic rings. The molecule has 24 heavy (non-hydrogen) atoms. The zero-order valence-electron chi connectivity index (χ0n) is 13.6. The number of nitrogens with zero attached hydrogens (tertiary/aromatic N) is 2. The van der Waals surface area contributed by atoms with Crippen LogP contribution in [0.3, 0.4) is 0 Å². The molecule has 0 spiro atoms. The molecule has 4 nitrogen and oxygen atoms in total. The van der Waals surface area contributed by atoms with Crippen LogP contribution < -0.4 is 0 Å². The monoisotopic (exact) mass is 350 g/mol. The second-order valence-electron chi connectivity index (χ2n) is 7.20. The standard InChI is InChI=1S/C18H23FN2O2S/c19-17-3-5-18(6-4-17)24(22,23)21-9-7-20(8-10-21)13-16-12-14-1-2-15(16)11-14/h1-6,14-16H,7-13H2/t14-,15+,16-/m1/s1. The Bertz CT molecular complexity index is 724. The van der Waals surface area contributed by atoms with Crippen molar-refractivity contribution in [1.82, 2.24) is 9.21 Å². The molecule has 0 unspecified atom stereocenters. The Morgan fingerprint density at radius 3 is 2.29 bits per heavy atom. The number of hydrogen-bond donors (Lipinski definition) is 0. The Labute approximate surface area is 143 Å². The smallest absolute Gasteiger partial charge is 0.243 e. The summed E-state index contributed by atoms with van der Waals surface area (Å²) in [5, 5.41) is 0. The maximum atomic E-state index is 13.0. The summed E-state index contributed by atoms with van der Waals surface area (Å²) in [6.07, 6.45) is 7.32. The highest BCUT2D eigenvalue weighted by molar-refractivity contribution is 7.89. The van der Waals surface area contributed by atoms with Gasteiger partial charge < -0.3 is 4.90 Å². The van der Waals surface area contributed by atoms with Gasteiger partial charge >= 0.3 is 0 Å². The van der Waals surface area contributed by atoms with Gasteiger partial charge in [-0.05, 0) is 54.9 Å². The zero-order valence-corrected chi connectivity index (χ0v) is 14.5. The number of benzene rings is 1. The van der Waals surface area contributed by atoms with E-state index in [1.165, 1.54) is 41.4 Å². The maximum Gasteiger partial charge on any atom is 0.243 e. The van der Waals surface area contributed by atoms with Crippen LogP contribution in [0.5, 0.6) is 0 Å². The van der Waals surface area contributed by atoms with E-state index in [-0.39, 0.29) is 4.90 Å². The molecule has 2 aliphatic carbocycles. The minimum atomic E-state index is -3.51. The summed E-state index contributed by atoms with van der Waals surface area (Å²) in [6, 6.07) is 5.09. The summed E-state index contributed by atoms with van der Waals surface area (Å²) in [7, 11) is -3.51. The predicted octanol–water partition coefficient (Wildman–Crippen LogP) is 2.34. The van der Waals surface area contributed by atoms with Gasteiger partial charge in [-0.15, -0.1) is 0 Å². The van der Waals surface area contributed by atoms with E-state index in [9.17, 15) is 12.8 Å². The summed E-state index contributed by atoms with van der Waals surface area (Å²) < 4.78 is 39.8. The number of rotatable bonds is 4. The SMILES string of the molecule is O=S(=O)(c1ccc(F)cc1)N1CCN(C[C@H]2C[C@@H]3C=C[C@H]2C3)CC1. The lowest BCUT2D eigenvalue weighted by Gasteiger charge is -2.36. The molecule has 0 aromatic heterocycles. The third-order valence-electron chi connectivity index (χ3n) is 5.69. The number of allylic oxidation sites excluding steroid dienone is 2. The van der Waals surface area contributed by atoms with Gasteiger partial charge in [0, 0.05) is 32.7 Å². The van der Waals surface area contributed by atoms with Gasteiger partial charge in [0.2, 0.25) is 10.0 Å². The third-order valence-corrected chi connectivity index (χ3v) is 7.60. The second kappa shape index (κ2) is 6.24. The number of fused-ring (bicyclic) bond motifs is 2. The van der Waals surface area contributed by atoms with Crippen LogP contribution in [-0.4, -0.2) is 50.3 Å². The Morgan fingerprint density at radius 1 is 1.00 bits per heavy atom. The topological polar surface area (TPSA) is 40.6 Å². The molecule has 0 amide bonds. The lowest BCUT2D eigenvalue weighted by atomic mass is 9.93. The minimum Gasteiger partial charge on any atom is -0.300 e. The molecule has 130 valence electrons. The number of sulfonamides is 1. The van der Waals surface area contributed by atoms with Crippen LogP contribution in [-0.2, 0) is 10.0 Å². The van der Waals surface area contributed by atoms with Gasteiger partial charge in [-0.1, -0.05) is 12.2 Å².